The Morgan fingerprint density at radius 1 is 1.00 bits per heavy atom. The van der Waals surface area contributed by atoms with Crippen molar-refractivity contribution >= 4 is 5.97 Å². The molecule has 0 bridgehead atoms. The van der Waals surface area contributed by atoms with Crippen LogP contribution in [-0.2, 0) is 28.5 Å². The fourth-order valence-electron chi connectivity index (χ4n) is 3.47. The van der Waals surface area contributed by atoms with Crippen molar-refractivity contribution in [3.63, 3.8) is 0 Å². The van der Waals surface area contributed by atoms with Crippen LogP contribution >= 0.6 is 0 Å². The summed E-state index contributed by atoms with van der Waals surface area (Å²) in [5.74, 6) is -0.802. The molecule has 140 valence electrons. The Morgan fingerprint density at radius 2 is 1.54 bits per heavy atom. The van der Waals surface area contributed by atoms with Crippen molar-refractivity contribution in [2.24, 2.45) is 11.8 Å². The van der Waals surface area contributed by atoms with E-state index < -0.39 is 23.6 Å². The molecule has 2 saturated heterocycles. The predicted octanol–water partition coefficient (Wildman–Crippen LogP) is 2.89. The van der Waals surface area contributed by atoms with Gasteiger partial charge in [-0.15, -0.1) is 0 Å². The van der Waals surface area contributed by atoms with Gasteiger partial charge in [0, 0.05) is 12.8 Å². The summed E-state index contributed by atoms with van der Waals surface area (Å²) in [5.41, 5.74) is 0. The van der Waals surface area contributed by atoms with Gasteiger partial charge in [-0.1, -0.05) is 27.7 Å². The number of carbonyl (C=O) groups is 1. The monoisotopic (exact) mass is 344 g/mol. The summed E-state index contributed by atoms with van der Waals surface area (Å²) in [4.78, 5) is 12.2. The molecule has 2 fully saturated rings. The Labute approximate surface area is 145 Å². The molecule has 6 heteroatoms. The van der Waals surface area contributed by atoms with E-state index >= 15 is 0 Å². The van der Waals surface area contributed by atoms with E-state index in [0.717, 1.165) is 12.8 Å². The van der Waals surface area contributed by atoms with E-state index in [4.69, 9.17) is 23.7 Å². The first-order valence-electron chi connectivity index (χ1n) is 8.91. The molecular formula is C18H32O6. The van der Waals surface area contributed by atoms with Crippen LogP contribution in [0.3, 0.4) is 0 Å². The lowest BCUT2D eigenvalue weighted by Crippen LogP contribution is -2.34. The number of esters is 1. The van der Waals surface area contributed by atoms with Crippen molar-refractivity contribution in [3.8, 4) is 0 Å². The molecule has 6 nitrogen and oxygen atoms in total. The second-order valence-electron chi connectivity index (χ2n) is 8.06. The third-order valence-corrected chi connectivity index (χ3v) is 4.15. The Bertz CT molecular complexity index is 437. The standard InChI is InChI=1S/C18H32O6/c1-12(2)7-17(5)21-10-14(23-17)9-20-16(19)15-11-22-18(6,24-15)8-13(3)4/h12-15H,7-11H2,1-6H3. The minimum atomic E-state index is -0.708. The van der Waals surface area contributed by atoms with E-state index in [0.29, 0.717) is 18.4 Å². The number of hydrogen-bond acceptors (Lipinski definition) is 6. The van der Waals surface area contributed by atoms with Gasteiger partial charge in [0.05, 0.1) is 13.2 Å². The maximum absolute atomic E-state index is 12.2. The summed E-state index contributed by atoms with van der Waals surface area (Å²) < 4.78 is 28.4. The zero-order valence-electron chi connectivity index (χ0n) is 15.8. The van der Waals surface area contributed by atoms with Crippen molar-refractivity contribution in [1.82, 2.24) is 0 Å². The molecule has 0 aromatic heterocycles. The first-order valence-corrected chi connectivity index (χ1v) is 8.91. The molecule has 2 aliphatic heterocycles. The number of rotatable bonds is 7. The largest absolute Gasteiger partial charge is 0.461 e. The normalized spacial score (nSPS) is 36.7. The van der Waals surface area contributed by atoms with Crippen LogP contribution in [-0.4, -0.2) is 49.6 Å². The number of ether oxygens (including phenoxy) is 5. The Kier molecular flexibility index (Phi) is 6.29. The maximum atomic E-state index is 12.2. The van der Waals surface area contributed by atoms with Gasteiger partial charge >= 0.3 is 5.97 Å². The fourth-order valence-corrected chi connectivity index (χ4v) is 3.47. The minimum absolute atomic E-state index is 0.174. The second-order valence-corrected chi connectivity index (χ2v) is 8.06. The quantitative estimate of drug-likeness (QED) is 0.662. The third-order valence-electron chi connectivity index (χ3n) is 4.15. The van der Waals surface area contributed by atoms with Gasteiger partial charge in [-0.3, -0.25) is 0 Å². The van der Waals surface area contributed by atoms with E-state index in [1.165, 1.54) is 0 Å². The SMILES string of the molecule is CC(C)CC1(C)OCC(COC(=O)C2COC(C)(CC(C)C)O2)O1. The highest BCUT2D eigenvalue weighted by atomic mass is 16.8. The van der Waals surface area contributed by atoms with Gasteiger partial charge in [-0.05, 0) is 25.7 Å². The van der Waals surface area contributed by atoms with Gasteiger partial charge in [-0.2, -0.15) is 0 Å². The maximum Gasteiger partial charge on any atom is 0.337 e. The van der Waals surface area contributed by atoms with Gasteiger partial charge in [0.25, 0.3) is 0 Å². The number of hydrogen-bond donors (Lipinski definition) is 0. The average molecular weight is 344 g/mol. The predicted molar refractivity (Wildman–Crippen MR) is 88.3 cm³/mol. The Hall–Kier alpha value is -0.690. The van der Waals surface area contributed by atoms with Gasteiger partial charge in [0.1, 0.15) is 12.7 Å². The summed E-state index contributed by atoms with van der Waals surface area (Å²) in [6, 6.07) is 0. The molecule has 0 radical (unpaired) electrons. The van der Waals surface area contributed by atoms with Crippen LogP contribution in [0, 0.1) is 11.8 Å². The van der Waals surface area contributed by atoms with E-state index in [-0.39, 0.29) is 19.3 Å². The molecule has 24 heavy (non-hydrogen) atoms. The second kappa shape index (κ2) is 7.68. The molecule has 4 unspecified atom stereocenters. The summed E-state index contributed by atoms with van der Waals surface area (Å²) in [5, 5.41) is 0. The van der Waals surface area contributed by atoms with Crippen molar-refractivity contribution < 1.29 is 28.5 Å². The molecule has 0 aliphatic carbocycles. The molecule has 0 aromatic carbocycles. The lowest BCUT2D eigenvalue weighted by Gasteiger charge is -2.25. The summed E-state index contributed by atoms with van der Waals surface area (Å²) in [6.45, 7) is 13.1. The van der Waals surface area contributed by atoms with Crippen molar-refractivity contribution in [2.75, 3.05) is 19.8 Å². The molecule has 0 aromatic rings. The van der Waals surface area contributed by atoms with Crippen LogP contribution in [0.4, 0.5) is 0 Å². The van der Waals surface area contributed by atoms with Crippen molar-refractivity contribution in [3.05, 3.63) is 0 Å². The van der Waals surface area contributed by atoms with Gasteiger partial charge in [-0.25, -0.2) is 4.79 Å². The topological polar surface area (TPSA) is 63.2 Å². The molecule has 0 amide bonds. The van der Waals surface area contributed by atoms with Gasteiger partial charge in [0.15, 0.2) is 17.7 Å². The zero-order valence-corrected chi connectivity index (χ0v) is 15.8. The molecule has 2 rings (SSSR count). The Morgan fingerprint density at radius 3 is 2.12 bits per heavy atom. The zero-order chi connectivity index (χ0) is 18.0. The highest BCUT2D eigenvalue weighted by molar-refractivity contribution is 5.75. The van der Waals surface area contributed by atoms with E-state index in [1.54, 1.807) is 0 Å². The molecule has 4 atom stereocenters. The van der Waals surface area contributed by atoms with Crippen LogP contribution in [0.5, 0.6) is 0 Å². The van der Waals surface area contributed by atoms with Crippen LogP contribution in [0.25, 0.3) is 0 Å². The summed E-state index contributed by atoms with van der Waals surface area (Å²) in [6.07, 6.45) is 0.647. The smallest absolute Gasteiger partial charge is 0.337 e. The molecule has 2 aliphatic rings. The fraction of sp³-hybridized carbons (Fsp3) is 0.944. The summed E-state index contributed by atoms with van der Waals surface area (Å²) >= 11 is 0. The molecule has 0 spiro atoms. The van der Waals surface area contributed by atoms with Crippen molar-refractivity contribution in [2.45, 2.75) is 78.2 Å². The average Bonchev–Trinajstić information content (AvgIpc) is 2.98. The number of carbonyl (C=O) groups excluding carboxylic acids is 1. The first-order chi connectivity index (χ1) is 11.1. The van der Waals surface area contributed by atoms with Crippen LogP contribution in [0.1, 0.15) is 54.4 Å². The van der Waals surface area contributed by atoms with Crippen LogP contribution < -0.4 is 0 Å². The third kappa shape index (κ3) is 5.41. The summed E-state index contributed by atoms with van der Waals surface area (Å²) in [7, 11) is 0. The molecular weight excluding hydrogens is 312 g/mol. The first kappa shape index (κ1) is 19.6. The minimum Gasteiger partial charge on any atom is -0.461 e. The van der Waals surface area contributed by atoms with E-state index in [9.17, 15) is 4.79 Å². The van der Waals surface area contributed by atoms with Gasteiger partial charge in [0.2, 0.25) is 0 Å². The molecule has 0 N–H and O–H groups in total. The Balaban J connectivity index is 1.75. The highest BCUT2D eigenvalue weighted by Crippen LogP contribution is 2.31. The highest BCUT2D eigenvalue weighted by Gasteiger charge is 2.43. The van der Waals surface area contributed by atoms with Crippen molar-refractivity contribution in [1.29, 1.82) is 0 Å². The van der Waals surface area contributed by atoms with Crippen LogP contribution in [0.15, 0.2) is 0 Å². The van der Waals surface area contributed by atoms with E-state index in [2.05, 4.69) is 27.7 Å². The van der Waals surface area contributed by atoms with E-state index in [1.807, 2.05) is 13.8 Å². The molecule has 2 heterocycles. The lowest BCUT2D eigenvalue weighted by atomic mass is 10.0. The molecule has 0 saturated carbocycles. The van der Waals surface area contributed by atoms with Gasteiger partial charge < -0.3 is 23.7 Å². The van der Waals surface area contributed by atoms with Crippen LogP contribution in [0.2, 0.25) is 0 Å². The lowest BCUT2D eigenvalue weighted by molar-refractivity contribution is -0.187.